The lowest BCUT2D eigenvalue weighted by molar-refractivity contribution is 0.0527. The van der Waals surface area contributed by atoms with Crippen LogP contribution < -0.4 is 26.7 Å². The number of aromatic nitrogens is 2. The lowest BCUT2D eigenvalue weighted by Crippen LogP contribution is -2.43. The molecule has 3 aromatic carbocycles. The molecule has 12 heteroatoms. The summed E-state index contributed by atoms with van der Waals surface area (Å²) in [6.45, 7) is 2.64. The summed E-state index contributed by atoms with van der Waals surface area (Å²) < 4.78 is 41.4. The number of anilines is 1. The highest BCUT2D eigenvalue weighted by Gasteiger charge is 2.40. The van der Waals surface area contributed by atoms with E-state index < -0.39 is 28.9 Å². The second kappa shape index (κ2) is 12.8. The first-order valence-corrected chi connectivity index (χ1v) is 14.4. The Morgan fingerprint density at radius 2 is 1.86 bits per heavy atom. The van der Waals surface area contributed by atoms with Gasteiger partial charge in [0, 0.05) is 24.6 Å². The molecule has 1 aliphatic heterocycles. The first kappa shape index (κ1) is 31.2. The standard InChI is InChI=1S/C32H32F2N4O5.ClH/c1-3-43-31(40)23-11-8-19(33)15-26(23)36-38-27-16-20(34)9-12-24(27)30(39)37(32(38)41)14-13-25-29-18(17-35-25)7-10-21-22(29)5-4-6-28(21)42-2;/h4-6,8-9,11-12,15-16,18,25,29,35-36H,3,7,10,13-14,17H2,1-2H3;1H. The zero-order chi connectivity index (χ0) is 30.2. The number of esters is 1. The third-order valence-corrected chi connectivity index (χ3v) is 8.57. The molecule has 2 heterocycles. The van der Waals surface area contributed by atoms with Crippen molar-refractivity contribution in [3.05, 3.63) is 104 Å². The van der Waals surface area contributed by atoms with Crippen LogP contribution in [-0.2, 0) is 17.7 Å². The van der Waals surface area contributed by atoms with E-state index in [9.17, 15) is 23.2 Å². The van der Waals surface area contributed by atoms with Gasteiger partial charge in [0.15, 0.2) is 0 Å². The first-order chi connectivity index (χ1) is 20.8. The summed E-state index contributed by atoms with van der Waals surface area (Å²) >= 11 is 0. The molecule has 1 fully saturated rings. The first-order valence-electron chi connectivity index (χ1n) is 14.4. The Morgan fingerprint density at radius 1 is 1.09 bits per heavy atom. The molecule has 3 unspecified atom stereocenters. The van der Waals surface area contributed by atoms with Crippen LogP contribution in [0.5, 0.6) is 5.75 Å². The van der Waals surface area contributed by atoms with Crippen molar-refractivity contribution in [2.75, 3.05) is 25.7 Å². The molecule has 3 atom stereocenters. The Balaban J connectivity index is 0.00000384. The Kier molecular flexibility index (Phi) is 9.07. The van der Waals surface area contributed by atoms with E-state index >= 15 is 0 Å². The van der Waals surface area contributed by atoms with Gasteiger partial charge in [0.05, 0.1) is 35.9 Å². The van der Waals surface area contributed by atoms with Gasteiger partial charge in [0.1, 0.15) is 17.4 Å². The third kappa shape index (κ3) is 5.57. The summed E-state index contributed by atoms with van der Waals surface area (Å²) in [7, 11) is 1.67. The van der Waals surface area contributed by atoms with Crippen LogP contribution in [0.25, 0.3) is 10.9 Å². The number of fused-ring (bicyclic) bond motifs is 4. The average Bonchev–Trinajstić information content (AvgIpc) is 3.42. The van der Waals surface area contributed by atoms with E-state index in [-0.39, 0.29) is 59.7 Å². The van der Waals surface area contributed by atoms with Gasteiger partial charge in [0.2, 0.25) is 0 Å². The van der Waals surface area contributed by atoms with Crippen LogP contribution in [0.15, 0.2) is 64.2 Å². The number of hydrogen-bond donors (Lipinski definition) is 2. The van der Waals surface area contributed by atoms with Crippen LogP contribution in [0.1, 0.15) is 47.2 Å². The number of methoxy groups -OCH3 is 1. The van der Waals surface area contributed by atoms with E-state index in [1.54, 1.807) is 14.0 Å². The maximum absolute atomic E-state index is 14.4. The Hall–Kier alpha value is -4.22. The lowest BCUT2D eigenvalue weighted by atomic mass is 9.73. The summed E-state index contributed by atoms with van der Waals surface area (Å²) in [5, 5.41) is 3.69. The number of ether oxygens (including phenoxy) is 2. The Morgan fingerprint density at radius 3 is 2.64 bits per heavy atom. The number of nitrogens with one attached hydrogen (secondary N) is 2. The summed E-state index contributed by atoms with van der Waals surface area (Å²) in [4.78, 5) is 40.0. The molecular formula is C32H33ClF2N4O5. The summed E-state index contributed by atoms with van der Waals surface area (Å²) in [6.07, 6.45) is 2.42. The molecule has 0 spiro atoms. The molecule has 44 heavy (non-hydrogen) atoms. The fourth-order valence-electron chi connectivity index (χ4n) is 6.62. The molecule has 0 radical (unpaired) electrons. The topological polar surface area (TPSA) is 104 Å². The van der Waals surface area contributed by atoms with Gasteiger partial charge in [0.25, 0.3) is 5.56 Å². The van der Waals surface area contributed by atoms with Gasteiger partial charge < -0.3 is 14.8 Å². The quantitative estimate of drug-likeness (QED) is 0.275. The number of carbonyl (C=O) groups is 1. The molecule has 4 aromatic rings. The number of halogens is 3. The number of benzene rings is 3. The molecule has 0 bridgehead atoms. The second-order valence-corrected chi connectivity index (χ2v) is 10.9. The highest BCUT2D eigenvalue weighted by Crippen LogP contribution is 2.45. The normalized spacial score (nSPS) is 18.7. The predicted octanol–water partition coefficient (Wildman–Crippen LogP) is 4.63. The number of rotatable bonds is 8. The van der Waals surface area contributed by atoms with Crippen molar-refractivity contribution in [2.45, 2.75) is 44.7 Å². The lowest BCUT2D eigenvalue weighted by Gasteiger charge is -2.32. The van der Waals surface area contributed by atoms with Crippen LogP contribution >= 0.6 is 12.4 Å². The van der Waals surface area contributed by atoms with Crippen molar-refractivity contribution in [3.8, 4) is 5.75 Å². The van der Waals surface area contributed by atoms with E-state index in [1.165, 1.54) is 23.3 Å². The highest BCUT2D eigenvalue weighted by atomic mass is 35.5. The minimum atomic E-state index is -0.776. The third-order valence-electron chi connectivity index (χ3n) is 8.57. The molecule has 0 saturated carbocycles. The molecule has 9 nitrogen and oxygen atoms in total. The Bertz CT molecular complexity index is 1840. The Labute approximate surface area is 258 Å². The van der Waals surface area contributed by atoms with Gasteiger partial charge >= 0.3 is 11.7 Å². The minimum Gasteiger partial charge on any atom is -0.496 e. The predicted molar refractivity (Wildman–Crippen MR) is 165 cm³/mol. The SMILES string of the molecule is CCOC(=O)c1ccc(F)cc1Nn1c(=O)n(CCC2NCC3CCc4c(OC)cccc4C32)c(=O)c2ccc(F)cc21.Cl. The zero-order valence-corrected chi connectivity index (χ0v) is 25.1. The van der Waals surface area contributed by atoms with Crippen LogP contribution in [0.3, 0.4) is 0 Å². The fraction of sp³-hybridized carbons (Fsp3) is 0.344. The zero-order valence-electron chi connectivity index (χ0n) is 24.3. The van der Waals surface area contributed by atoms with Crippen LogP contribution in [0.2, 0.25) is 0 Å². The second-order valence-electron chi connectivity index (χ2n) is 10.9. The van der Waals surface area contributed by atoms with Crippen molar-refractivity contribution in [2.24, 2.45) is 5.92 Å². The van der Waals surface area contributed by atoms with Crippen molar-refractivity contribution in [3.63, 3.8) is 0 Å². The maximum atomic E-state index is 14.4. The van der Waals surface area contributed by atoms with Crippen molar-refractivity contribution < 1.29 is 23.0 Å². The highest BCUT2D eigenvalue weighted by molar-refractivity contribution is 5.95. The van der Waals surface area contributed by atoms with Gasteiger partial charge in [-0.1, -0.05) is 12.1 Å². The van der Waals surface area contributed by atoms with Gasteiger partial charge in [-0.25, -0.2) is 23.0 Å². The van der Waals surface area contributed by atoms with E-state index in [0.29, 0.717) is 12.3 Å². The molecular weight excluding hydrogens is 594 g/mol. The number of nitrogens with zero attached hydrogens (tertiary/aromatic N) is 2. The maximum Gasteiger partial charge on any atom is 0.350 e. The summed E-state index contributed by atoms with van der Waals surface area (Å²) in [5.74, 6) is -0.575. The van der Waals surface area contributed by atoms with Gasteiger partial charge in [-0.2, -0.15) is 0 Å². The molecule has 2 N–H and O–H groups in total. The largest absolute Gasteiger partial charge is 0.496 e. The van der Waals surface area contributed by atoms with Crippen molar-refractivity contribution >= 4 is 35.0 Å². The van der Waals surface area contributed by atoms with E-state index in [1.807, 2.05) is 12.1 Å². The smallest absolute Gasteiger partial charge is 0.350 e. The molecule has 2 aliphatic rings. The van der Waals surface area contributed by atoms with Gasteiger partial charge in [-0.3, -0.25) is 14.8 Å². The fourth-order valence-corrected chi connectivity index (χ4v) is 6.62. The van der Waals surface area contributed by atoms with Gasteiger partial charge in [-0.15, -0.1) is 12.4 Å². The van der Waals surface area contributed by atoms with E-state index in [2.05, 4.69) is 16.8 Å². The summed E-state index contributed by atoms with van der Waals surface area (Å²) in [5.41, 5.74) is 3.71. The monoisotopic (exact) mass is 626 g/mol. The van der Waals surface area contributed by atoms with E-state index in [0.717, 1.165) is 58.6 Å². The average molecular weight is 627 g/mol. The number of hydrogen-bond acceptors (Lipinski definition) is 7. The van der Waals surface area contributed by atoms with E-state index in [4.69, 9.17) is 9.47 Å². The summed E-state index contributed by atoms with van der Waals surface area (Å²) in [6, 6.07) is 13.0. The van der Waals surface area contributed by atoms with Crippen LogP contribution in [0.4, 0.5) is 14.5 Å². The number of carbonyl (C=O) groups excluding carboxylic acids is 1. The van der Waals surface area contributed by atoms with Crippen molar-refractivity contribution in [1.82, 2.24) is 14.6 Å². The molecule has 1 aliphatic carbocycles. The molecule has 1 saturated heterocycles. The van der Waals surface area contributed by atoms with Crippen LogP contribution in [0, 0.1) is 17.6 Å². The van der Waals surface area contributed by atoms with Gasteiger partial charge in [-0.05, 0) is 86.2 Å². The molecule has 6 rings (SSSR count). The molecule has 0 amide bonds. The van der Waals surface area contributed by atoms with Crippen LogP contribution in [-0.4, -0.2) is 41.5 Å². The molecule has 1 aromatic heterocycles. The van der Waals surface area contributed by atoms with Crippen molar-refractivity contribution in [1.29, 1.82) is 0 Å². The minimum absolute atomic E-state index is 0. The molecule has 232 valence electrons.